The number of aliphatic hydroxyl groups excluding tert-OH is 1. The van der Waals surface area contributed by atoms with Crippen LogP contribution in [0.5, 0.6) is 11.5 Å². The number of halogens is 2. The van der Waals surface area contributed by atoms with Gasteiger partial charge in [0.25, 0.3) is 0 Å². The summed E-state index contributed by atoms with van der Waals surface area (Å²) in [5.74, 6) is 0.639. The summed E-state index contributed by atoms with van der Waals surface area (Å²) in [5, 5.41) is 9.84. The maximum Gasteiger partial charge on any atom is 0.387 e. The number of aryl methyl sites for hydroxylation is 2. The fraction of sp³-hybridized carbons (Fsp3) is 0.409. The van der Waals surface area contributed by atoms with Crippen LogP contribution in [-0.4, -0.2) is 30.2 Å². The van der Waals surface area contributed by atoms with Gasteiger partial charge in [0.2, 0.25) is 0 Å². The number of aliphatic hydroxyl groups is 1. The van der Waals surface area contributed by atoms with Gasteiger partial charge in [-0.15, -0.1) is 0 Å². The third-order valence-electron chi connectivity index (χ3n) is 5.28. The number of rotatable bonds is 8. The lowest BCUT2D eigenvalue weighted by Gasteiger charge is -2.14. The minimum absolute atomic E-state index is 0.0401. The molecule has 0 amide bonds. The number of alkyl halides is 2. The van der Waals surface area contributed by atoms with E-state index in [0.29, 0.717) is 43.1 Å². The molecule has 1 saturated carbocycles. The van der Waals surface area contributed by atoms with Gasteiger partial charge >= 0.3 is 6.61 Å². The Bertz CT molecular complexity index is 877. The van der Waals surface area contributed by atoms with E-state index >= 15 is 0 Å². The number of Topliss-reactive ketones (excluding diaryl/α,β-unsaturated/α-hetero) is 1. The summed E-state index contributed by atoms with van der Waals surface area (Å²) in [4.78, 5) is 12.2. The average molecular weight is 388 g/mol. The van der Waals surface area contributed by atoms with E-state index in [9.17, 15) is 18.7 Å². The predicted molar refractivity (Wildman–Crippen MR) is 99.2 cm³/mol. The summed E-state index contributed by atoms with van der Waals surface area (Å²) in [7, 11) is 0. The standard InChI is InChI=1S/C22H22F2O4/c23-22(24)28-18-9-7-13(10-19(18)27-12-14-4-5-14)6-8-15-2-1-3-16-11-17(25)21(26)20(15)16/h1-3,7,9-10,14,17,22,25H,4-6,8,11-12H2. The summed E-state index contributed by atoms with van der Waals surface area (Å²) in [6.45, 7) is -2.40. The smallest absolute Gasteiger partial charge is 0.387 e. The Morgan fingerprint density at radius 1 is 1.11 bits per heavy atom. The van der Waals surface area contributed by atoms with Crippen molar-refractivity contribution in [2.24, 2.45) is 5.92 Å². The highest BCUT2D eigenvalue weighted by Crippen LogP contribution is 2.34. The van der Waals surface area contributed by atoms with E-state index in [1.807, 2.05) is 18.2 Å². The molecular weight excluding hydrogens is 366 g/mol. The Labute approximate surface area is 162 Å². The molecular formula is C22H22F2O4. The zero-order valence-corrected chi connectivity index (χ0v) is 15.4. The van der Waals surface area contributed by atoms with Gasteiger partial charge in [-0.2, -0.15) is 8.78 Å². The van der Waals surface area contributed by atoms with Gasteiger partial charge in [-0.3, -0.25) is 4.79 Å². The van der Waals surface area contributed by atoms with E-state index in [4.69, 9.17) is 4.74 Å². The normalized spacial score (nSPS) is 18.4. The maximum atomic E-state index is 12.6. The first-order valence-corrected chi connectivity index (χ1v) is 9.55. The molecule has 148 valence electrons. The first-order valence-electron chi connectivity index (χ1n) is 9.55. The number of hydrogen-bond donors (Lipinski definition) is 1. The molecule has 2 aliphatic rings. The van der Waals surface area contributed by atoms with Crippen molar-refractivity contribution in [2.75, 3.05) is 6.61 Å². The summed E-state index contributed by atoms with van der Waals surface area (Å²) < 4.78 is 35.6. The number of hydrogen-bond acceptors (Lipinski definition) is 4. The molecule has 4 rings (SSSR count). The second-order valence-electron chi connectivity index (χ2n) is 7.45. The quantitative estimate of drug-likeness (QED) is 0.744. The molecule has 1 fully saturated rings. The Hall–Kier alpha value is -2.47. The molecule has 1 N–H and O–H groups in total. The van der Waals surface area contributed by atoms with E-state index < -0.39 is 12.7 Å². The van der Waals surface area contributed by atoms with Crippen LogP contribution in [0.3, 0.4) is 0 Å². The molecule has 2 aromatic rings. The second-order valence-corrected chi connectivity index (χ2v) is 7.45. The van der Waals surface area contributed by atoms with Crippen molar-refractivity contribution >= 4 is 5.78 Å². The lowest BCUT2D eigenvalue weighted by molar-refractivity contribution is -0.0515. The zero-order chi connectivity index (χ0) is 19.7. The highest BCUT2D eigenvalue weighted by atomic mass is 19.3. The van der Waals surface area contributed by atoms with Gasteiger partial charge in [-0.05, 0) is 60.4 Å². The highest BCUT2D eigenvalue weighted by Gasteiger charge is 2.30. The molecule has 0 radical (unpaired) electrons. The monoisotopic (exact) mass is 388 g/mol. The molecule has 0 aliphatic heterocycles. The summed E-state index contributed by atoms with van der Waals surface area (Å²) in [5.41, 5.74) is 3.31. The Kier molecular flexibility index (Phi) is 5.31. The van der Waals surface area contributed by atoms with Crippen LogP contribution >= 0.6 is 0 Å². The average Bonchev–Trinajstić information content (AvgIpc) is 3.44. The number of carbonyl (C=O) groups excluding carboxylic acids is 1. The molecule has 28 heavy (non-hydrogen) atoms. The minimum Gasteiger partial charge on any atom is -0.489 e. The van der Waals surface area contributed by atoms with Crippen molar-refractivity contribution in [1.29, 1.82) is 0 Å². The molecule has 1 atom stereocenters. The predicted octanol–water partition coefficient (Wildman–Crippen LogP) is 3.96. The number of benzene rings is 2. The van der Waals surface area contributed by atoms with Gasteiger partial charge in [0.15, 0.2) is 17.3 Å². The molecule has 1 unspecified atom stereocenters. The molecule has 0 saturated heterocycles. The van der Waals surface area contributed by atoms with Crippen LogP contribution in [0.4, 0.5) is 8.78 Å². The van der Waals surface area contributed by atoms with Crippen molar-refractivity contribution < 1.29 is 28.2 Å². The Morgan fingerprint density at radius 3 is 2.68 bits per heavy atom. The third kappa shape index (κ3) is 4.17. The van der Waals surface area contributed by atoms with E-state index in [1.165, 1.54) is 6.07 Å². The molecule has 2 aliphatic carbocycles. The highest BCUT2D eigenvalue weighted by molar-refractivity contribution is 6.04. The fourth-order valence-electron chi connectivity index (χ4n) is 3.60. The van der Waals surface area contributed by atoms with Crippen LogP contribution in [-0.2, 0) is 19.3 Å². The molecule has 0 spiro atoms. The summed E-state index contributed by atoms with van der Waals surface area (Å²) in [6, 6.07) is 10.6. The molecule has 2 aromatic carbocycles. The van der Waals surface area contributed by atoms with E-state index in [-0.39, 0.29) is 11.5 Å². The maximum absolute atomic E-state index is 12.6. The molecule has 0 aromatic heterocycles. The summed E-state index contributed by atoms with van der Waals surface area (Å²) in [6.07, 6.45) is 2.84. The van der Waals surface area contributed by atoms with Crippen molar-refractivity contribution in [2.45, 2.75) is 44.8 Å². The molecule has 6 heteroatoms. The lowest BCUT2D eigenvalue weighted by atomic mass is 9.97. The van der Waals surface area contributed by atoms with Gasteiger partial charge in [0.05, 0.1) is 6.61 Å². The molecule has 0 bridgehead atoms. The largest absolute Gasteiger partial charge is 0.489 e. The summed E-state index contributed by atoms with van der Waals surface area (Å²) >= 11 is 0. The number of ether oxygens (including phenoxy) is 2. The van der Waals surface area contributed by atoms with Crippen molar-refractivity contribution in [3.05, 3.63) is 58.7 Å². The third-order valence-corrected chi connectivity index (χ3v) is 5.28. The zero-order valence-electron chi connectivity index (χ0n) is 15.4. The van der Waals surface area contributed by atoms with Crippen LogP contribution in [0.25, 0.3) is 0 Å². The van der Waals surface area contributed by atoms with Crippen molar-refractivity contribution in [3.8, 4) is 11.5 Å². The van der Waals surface area contributed by atoms with E-state index in [2.05, 4.69) is 4.74 Å². The first kappa shape index (κ1) is 18.9. The Balaban J connectivity index is 1.50. The van der Waals surface area contributed by atoms with Crippen LogP contribution < -0.4 is 9.47 Å². The number of fused-ring (bicyclic) bond motifs is 1. The van der Waals surface area contributed by atoms with Crippen molar-refractivity contribution in [3.63, 3.8) is 0 Å². The topological polar surface area (TPSA) is 55.8 Å². The number of carbonyl (C=O) groups is 1. The van der Waals surface area contributed by atoms with Crippen LogP contribution in [0, 0.1) is 5.92 Å². The van der Waals surface area contributed by atoms with Gasteiger partial charge in [-0.25, -0.2) is 0 Å². The second kappa shape index (κ2) is 7.87. The van der Waals surface area contributed by atoms with Crippen LogP contribution in [0.2, 0.25) is 0 Å². The van der Waals surface area contributed by atoms with Crippen LogP contribution in [0.15, 0.2) is 36.4 Å². The van der Waals surface area contributed by atoms with Gasteiger partial charge in [0, 0.05) is 12.0 Å². The molecule has 0 heterocycles. The molecule has 4 nitrogen and oxygen atoms in total. The van der Waals surface area contributed by atoms with Gasteiger partial charge in [-0.1, -0.05) is 24.3 Å². The van der Waals surface area contributed by atoms with E-state index in [1.54, 1.807) is 12.1 Å². The van der Waals surface area contributed by atoms with Crippen LogP contribution in [0.1, 0.15) is 39.9 Å². The Morgan fingerprint density at radius 2 is 1.93 bits per heavy atom. The van der Waals surface area contributed by atoms with E-state index in [0.717, 1.165) is 29.5 Å². The van der Waals surface area contributed by atoms with Gasteiger partial charge in [0.1, 0.15) is 6.10 Å². The lowest BCUT2D eigenvalue weighted by Crippen LogP contribution is -2.15. The fourth-order valence-corrected chi connectivity index (χ4v) is 3.60. The first-order chi connectivity index (χ1) is 13.5. The number of ketones is 1. The SMILES string of the molecule is O=C1c2c(CCc3ccc(OC(F)F)c(OCC4CC4)c3)cccc2CC1O. The van der Waals surface area contributed by atoms with Gasteiger partial charge < -0.3 is 14.6 Å². The minimum atomic E-state index is -2.90. The van der Waals surface area contributed by atoms with Crippen molar-refractivity contribution in [1.82, 2.24) is 0 Å².